The van der Waals surface area contributed by atoms with Gasteiger partial charge in [0.25, 0.3) is 0 Å². The number of likely N-dealkylation sites (tertiary alicyclic amines) is 1. The first-order valence-electron chi connectivity index (χ1n) is 9.68. The molecule has 2 N–H and O–H groups in total. The lowest BCUT2D eigenvalue weighted by molar-refractivity contribution is -0.125. The predicted octanol–water partition coefficient (Wildman–Crippen LogP) is 2.84. The third-order valence-corrected chi connectivity index (χ3v) is 5.30. The van der Waals surface area contributed by atoms with Gasteiger partial charge in [-0.2, -0.15) is 0 Å². The topological polar surface area (TPSA) is 53.6 Å². The summed E-state index contributed by atoms with van der Waals surface area (Å²) in [6, 6.07) is 18.3. The van der Waals surface area contributed by atoms with E-state index in [0.717, 1.165) is 36.6 Å². The largest absolute Gasteiger partial charge is 0.383 e. The molecule has 0 unspecified atom stereocenters. The van der Waals surface area contributed by atoms with E-state index in [1.54, 1.807) is 7.11 Å². The van der Waals surface area contributed by atoms with Crippen LogP contribution in [0, 0.1) is 0 Å². The molecule has 0 aromatic heterocycles. The molecule has 28 heavy (non-hydrogen) atoms. The molecule has 0 spiro atoms. The molecule has 0 saturated carbocycles. The fourth-order valence-corrected chi connectivity index (χ4v) is 3.70. The number of benzene rings is 2. The van der Waals surface area contributed by atoms with Gasteiger partial charge in [-0.25, -0.2) is 0 Å². The maximum atomic E-state index is 12.7. The zero-order chi connectivity index (χ0) is 19.8. The molecule has 5 nitrogen and oxygen atoms in total. The number of methoxy groups -OCH3 is 1. The highest BCUT2D eigenvalue weighted by Gasteiger charge is 2.36. The Hall–Kier alpha value is -1.92. The number of nitrogens with zero attached hydrogens (tertiary/aromatic N) is 1. The molecular formula is C22H28ClN3O2. The van der Waals surface area contributed by atoms with Gasteiger partial charge >= 0.3 is 0 Å². The summed E-state index contributed by atoms with van der Waals surface area (Å²) < 4.78 is 5.04. The van der Waals surface area contributed by atoms with Crippen molar-refractivity contribution in [3.63, 3.8) is 0 Å². The first-order chi connectivity index (χ1) is 13.7. The molecule has 1 aliphatic heterocycles. The number of hydrogen-bond acceptors (Lipinski definition) is 4. The van der Waals surface area contributed by atoms with Gasteiger partial charge in [-0.1, -0.05) is 54.1 Å². The van der Waals surface area contributed by atoms with Crippen LogP contribution < -0.4 is 10.6 Å². The van der Waals surface area contributed by atoms with Crippen LogP contribution in [0.4, 0.5) is 0 Å². The average molecular weight is 402 g/mol. The Bertz CT molecular complexity index is 739. The Labute approximate surface area is 172 Å². The number of nitrogens with one attached hydrogen (secondary N) is 2. The van der Waals surface area contributed by atoms with Gasteiger partial charge < -0.3 is 15.4 Å². The molecule has 6 heteroatoms. The summed E-state index contributed by atoms with van der Waals surface area (Å²) in [5.74, 6) is 0.0648. The molecule has 1 aliphatic rings. The molecule has 1 heterocycles. The number of rotatable bonds is 9. The SMILES string of the molecule is COCCNC(=O)[C@@H]1C[C@H](NCc2ccccc2)CN1Cc1ccc(Cl)cc1. The van der Waals surface area contributed by atoms with Crippen LogP contribution in [0.15, 0.2) is 54.6 Å². The van der Waals surface area contributed by atoms with E-state index in [4.69, 9.17) is 16.3 Å². The van der Waals surface area contributed by atoms with Gasteiger partial charge in [-0.3, -0.25) is 9.69 Å². The number of hydrogen-bond donors (Lipinski definition) is 2. The van der Waals surface area contributed by atoms with Crippen molar-refractivity contribution in [3.8, 4) is 0 Å². The number of ether oxygens (including phenoxy) is 1. The third-order valence-electron chi connectivity index (χ3n) is 5.05. The molecule has 2 aromatic rings. The lowest BCUT2D eigenvalue weighted by atomic mass is 10.1. The van der Waals surface area contributed by atoms with Crippen LogP contribution in [0.25, 0.3) is 0 Å². The van der Waals surface area contributed by atoms with Crippen molar-refractivity contribution in [1.29, 1.82) is 0 Å². The van der Waals surface area contributed by atoms with E-state index in [-0.39, 0.29) is 18.0 Å². The van der Waals surface area contributed by atoms with Crippen LogP contribution in [-0.2, 0) is 22.6 Å². The lowest BCUT2D eigenvalue weighted by Crippen LogP contribution is -2.43. The Kier molecular flexibility index (Phi) is 7.86. The highest BCUT2D eigenvalue weighted by molar-refractivity contribution is 6.30. The van der Waals surface area contributed by atoms with Crippen molar-refractivity contribution in [2.75, 3.05) is 26.8 Å². The Morgan fingerprint density at radius 3 is 2.61 bits per heavy atom. The zero-order valence-corrected chi connectivity index (χ0v) is 17.0. The van der Waals surface area contributed by atoms with Crippen molar-refractivity contribution < 1.29 is 9.53 Å². The standard InChI is InChI=1S/C22H28ClN3O2/c1-28-12-11-24-22(27)21-13-20(25-14-17-5-3-2-4-6-17)16-26(21)15-18-7-9-19(23)10-8-18/h2-10,20-21,25H,11-16H2,1H3,(H,24,27)/t20-,21-/m0/s1. The van der Waals surface area contributed by atoms with Crippen LogP contribution in [0.5, 0.6) is 0 Å². The van der Waals surface area contributed by atoms with Crippen molar-refractivity contribution in [1.82, 2.24) is 15.5 Å². The maximum Gasteiger partial charge on any atom is 0.237 e. The second-order valence-electron chi connectivity index (χ2n) is 7.15. The van der Waals surface area contributed by atoms with Gasteiger partial charge in [-0.05, 0) is 29.7 Å². The van der Waals surface area contributed by atoms with Crippen LogP contribution in [0.3, 0.4) is 0 Å². The zero-order valence-electron chi connectivity index (χ0n) is 16.2. The summed E-state index contributed by atoms with van der Waals surface area (Å²) in [5, 5.41) is 7.32. The summed E-state index contributed by atoms with van der Waals surface area (Å²) in [5.41, 5.74) is 2.41. The van der Waals surface area contributed by atoms with Gasteiger partial charge in [-0.15, -0.1) is 0 Å². The minimum absolute atomic E-state index is 0.0648. The highest BCUT2D eigenvalue weighted by atomic mass is 35.5. The summed E-state index contributed by atoms with van der Waals surface area (Å²) in [6.07, 6.45) is 0.791. The molecule has 2 aromatic carbocycles. The molecule has 0 radical (unpaired) electrons. The van der Waals surface area contributed by atoms with Crippen molar-refractivity contribution >= 4 is 17.5 Å². The van der Waals surface area contributed by atoms with Gasteiger partial charge in [0, 0.05) is 44.4 Å². The van der Waals surface area contributed by atoms with E-state index in [9.17, 15) is 4.79 Å². The normalized spacial score (nSPS) is 19.6. The first kappa shape index (κ1) is 20.8. The number of halogens is 1. The van der Waals surface area contributed by atoms with Crippen molar-refractivity contribution in [3.05, 3.63) is 70.7 Å². The second kappa shape index (κ2) is 10.6. The molecule has 1 amide bonds. The minimum Gasteiger partial charge on any atom is -0.383 e. The number of carbonyl (C=O) groups is 1. The van der Waals surface area contributed by atoms with E-state index in [2.05, 4.69) is 27.7 Å². The minimum atomic E-state index is -0.152. The highest BCUT2D eigenvalue weighted by Crippen LogP contribution is 2.22. The third kappa shape index (κ3) is 6.04. The molecule has 2 atom stereocenters. The van der Waals surface area contributed by atoms with E-state index >= 15 is 0 Å². The van der Waals surface area contributed by atoms with Crippen LogP contribution in [0.1, 0.15) is 17.5 Å². The molecular weight excluding hydrogens is 374 g/mol. The summed E-state index contributed by atoms with van der Waals surface area (Å²) in [7, 11) is 1.64. The Morgan fingerprint density at radius 2 is 1.89 bits per heavy atom. The van der Waals surface area contributed by atoms with E-state index < -0.39 is 0 Å². The number of amides is 1. The van der Waals surface area contributed by atoms with Gasteiger partial charge in [0.2, 0.25) is 5.91 Å². The summed E-state index contributed by atoms with van der Waals surface area (Å²) >= 11 is 6.00. The Morgan fingerprint density at radius 1 is 1.14 bits per heavy atom. The van der Waals surface area contributed by atoms with Crippen LogP contribution >= 0.6 is 11.6 Å². The molecule has 0 bridgehead atoms. The fourth-order valence-electron chi connectivity index (χ4n) is 3.58. The molecule has 1 saturated heterocycles. The lowest BCUT2D eigenvalue weighted by Gasteiger charge is -2.23. The second-order valence-corrected chi connectivity index (χ2v) is 7.59. The van der Waals surface area contributed by atoms with Crippen LogP contribution in [-0.4, -0.2) is 49.7 Å². The quantitative estimate of drug-likeness (QED) is 0.634. The first-order valence-corrected chi connectivity index (χ1v) is 10.1. The van der Waals surface area contributed by atoms with E-state index in [1.165, 1.54) is 5.56 Å². The predicted molar refractivity (Wildman–Crippen MR) is 112 cm³/mol. The molecule has 1 fully saturated rings. The molecule has 3 rings (SSSR count). The van der Waals surface area contributed by atoms with Crippen molar-refractivity contribution in [2.45, 2.75) is 31.6 Å². The maximum absolute atomic E-state index is 12.7. The summed E-state index contributed by atoms with van der Waals surface area (Å²) in [4.78, 5) is 15.0. The van der Waals surface area contributed by atoms with Gasteiger partial charge in [0.1, 0.15) is 0 Å². The van der Waals surface area contributed by atoms with Crippen molar-refractivity contribution in [2.24, 2.45) is 0 Å². The fraction of sp³-hybridized carbons (Fsp3) is 0.409. The smallest absolute Gasteiger partial charge is 0.237 e. The van der Waals surface area contributed by atoms with Gasteiger partial charge in [0.05, 0.1) is 12.6 Å². The Balaban J connectivity index is 1.62. The molecule has 0 aliphatic carbocycles. The molecule has 150 valence electrons. The summed E-state index contributed by atoms with van der Waals surface area (Å²) in [6.45, 7) is 3.41. The van der Waals surface area contributed by atoms with Gasteiger partial charge in [0.15, 0.2) is 0 Å². The van der Waals surface area contributed by atoms with Crippen LogP contribution in [0.2, 0.25) is 5.02 Å². The monoisotopic (exact) mass is 401 g/mol. The average Bonchev–Trinajstić information content (AvgIpc) is 3.12. The van der Waals surface area contributed by atoms with E-state index in [1.807, 2.05) is 42.5 Å². The van der Waals surface area contributed by atoms with E-state index in [0.29, 0.717) is 13.2 Å². The number of carbonyl (C=O) groups excluding carboxylic acids is 1.